The molecule has 74 valence electrons. The van der Waals surface area contributed by atoms with Crippen LogP contribution in [0.3, 0.4) is 0 Å². The van der Waals surface area contributed by atoms with E-state index < -0.39 is 0 Å². The molecule has 0 aromatic rings. The van der Waals surface area contributed by atoms with Crippen molar-refractivity contribution in [3.05, 3.63) is 12.1 Å². The molecule has 1 saturated heterocycles. The van der Waals surface area contributed by atoms with Crippen molar-refractivity contribution in [2.45, 2.75) is 38.9 Å². The highest BCUT2D eigenvalue weighted by Gasteiger charge is 2.51. The first-order chi connectivity index (χ1) is 5.80. The minimum Gasteiger partial charge on any atom is -0.400 e. The lowest BCUT2D eigenvalue weighted by atomic mass is 9.79. The second kappa shape index (κ2) is 3.12. The molecule has 0 amide bonds. The average Bonchev–Trinajstić information content (AvgIpc) is 2.20. The van der Waals surface area contributed by atoms with Crippen LogP contribution in [-0.4, -0.2) is 24.9 Å². The lowest BCUT2D eigenvalue weighted by molar-refractivity contribution is 0.00578. The van der Waals surface area contributed by atoms with Gasteiger partial charge in [-0.2, -0.15) is 0 Å². The molecule has 13 heavy (non-hydrogen) atoms. The molecule has 0 spiro atoms. The Labute approximate surface area is 80.4 Å². The molecule has 0 atom stereocenters. The molecular formula is C9H18BNO2. The Morgan fingerprint density at radius 1 is 1.23 bits per heavy atom. The fourth-order valence-electron chi connectivity index (χ4n) is 1.11. The van der Waals surface area contributed by atoms with Crippen LogP contribution in [0.5, 0.6) is 0 Å². The molecule has 1 heterocycles. The number of rotatable bonds is 2. The highest BCUT2D eigenvalue weighted by atomic mass is 16.7. The lowest BCUT2D eigenvalue weighted by Gasteiger charge is -2.32. The normalized spacial score (nSPS) is 24.8. The summed E-state index contributed by atoms with van der Waals surface area (Å²) in [6.07, 6.45) is 0. The van der Waals surface area contributed by atoms with Gasteiger partial charge in [0.15, 0.2) is 0 Å². The van der Waals surface area contributed by atoms with Crippen LogP contribution in [0.4, 0.5) is 0 Å². The Morgan fingerprint density at radius 2 is 1.62 bits per heavy atom. The maximum absolute atomic E-state index is 5.71. The molecule has 1 aliphatic heterocycles. The topological polar surface area (TPSA) is 44.5 Å². The number of nitrogens with two attached hydrogens (primary N) is 1. The first-order valence-corrected chi connectivity index (χ1v) is 4.53. The minimum absolute atomic E-state index is 0.296. The molecule has 0 radical (unpaired) electrons. The van der Waals surface area contributed by atoms with Crippen molar-refractivity contribution in [3.8, 4) is 0 Å². The standard InChI is InChI=1S/C9H18BNO2/c1-7(6-11)10-12-8(2,3)9(4,5)13-10/h1,6,11H2,2-5H3. The van der Waals surface area contributed by atoms with Gasteiger partial charge in [0.05, 0.1) is 11.2 Å². The van der Waals surface area contributed by atoms with E-state index in [1.807, 2.05) is 27.7 Å². The Bertz CT molecular complexity index is 210. The Hall–Kier alpha value is -0.315. The smallest absolute Gasteiger partial charge is 0.400 e. The maximum atomic E-state index is 5.71. The van der Waals surface area contributed by atoms with Gasteiger partial charge in [-0.1, -0.05) is 0 Å². The molecule has 1 aliphatic rings. The zero-order valence-corrected chi connectivity index (χ0v) is 8.89. The molecule has 2 N–H and O–H groups in total. The lowest BCUT2D eigenvalue weighted by Crippen LogP contribution is -2.41. The third-order valence-electron chi connectivity index (χ3n) is 2.85. The van der Waals surface area contributed by atoms with Gasteiger partial charge in [-0.15, -0.1) is 6.58 Å². The van der Waals surface area contributed by atoms with Crippen LogP contribution in [-0.2, 0) is 9.31 Å². The van der Waals surface area contributed by atoms with Gasteiger partial charge in [0.25, 0.3) is 0 Å². The van der Waals surface area contributed by atoms with Gasteiger partial charge < -0.3 is 15.0 Å². The first kappa shape index (κ1) is 10.8. The minimum atomic E-state index is -0.352. The van der Waals surface area contributed by atoms with Crippen molar-refractivity contribution in [2.75, 3.05) is 6.54 Å². The monoisotopic (exact) mass is 183 g/mol. The van der Waals surface area contributed by atoms with Crippen LogP contribution in [0.1, 0.15) is 27.7 Å². The SMILES string of the molecule is C=C(CN)B1OC(C)(C)C(C)(C)O1. The third kappa shape index (κ3) is 1.80. The molecule has 0 aromatic carbocycles. The summed E-state index contributed by atoms with van der Waals surface area (Å²) in [6, 6.07) is 0. The van der Waals surface area contributed by atoms with Gasteiger partial charge in [-0.05, 0) is 33.2 Å². The van der Waals surface area contributed by atoms with Crippen LogP contribution in [0.2, 0.25) is 0 Å². The van der Waals surface area contributed by atoms with Crippen molar-refractivity contribution in [1.29, 1.82) is 0 Å². The Morgan fingerprint density at radius 3 is 1.92 bits per heavy atom. The van der Waals surface area contributed by atoms with Gasteiger partial charge in [0, 0.05) is 6.54 Å². The van der Waals surface area contributed by atoms with Gasteiger partial charge in [0.2, 0.25) is 0 Å². The van der Waals surface area contributed by atoms with Crippen LogP contribution in [0.15, 0.2) is 12.1 Å². The van der Waals surface area contributed by atoms with Gasteiger partial charge in [-0.25, -0.2) is 0 Å². The predicted molar refractivity (Wildman–Crippen MR) is 54.3 cm³/mol. The fraction of sp³-hybridized carbons (Fsp3) is 0.778. The molecule has 1 rings (SSSR count). The quantitative estimate of drug-likeness (QED) is 0.652. The van der Waals surface area contributed by atoms with E-state index in [0.29, 0.717) is 6.54 Å². The molecular weight excluding hydrogens is 165 g/mol. The van der Waals surface area contributed by atoms with Gasteiger partial charge in [0.1, 0.15) is 0 Å². The van der Waals surface area contributed by atoms with Gasteiger partial charge >= 0.3 is 7.12 Å². The van der Waals surface area contributed by atoms with E-state index in [-0.39, 0.29) is 18.3 Å². The highest BCUT2D eigenvalue weighted by molar-refractivity contribution is 6.54. The van der Waals surface area contributed by atoms with E-state index >= 15 is 0 Å². The predicted octanol–water partition coefficient (Wildman–Crippen LogP) is 1.13. The molecule has 0 saturated carbocycles. The summed E-state index contributed by atoms with van der Waals surface area (Å²) in [5.74, 6) is 0. The number of hydrogen-bond acceptors (Lipinski definition) is 3. The van der Waals surface area contributed by atoms with E-state index in [1.165, 1.54) is 0 Å². The van der Waals surface area contributed by atoms with Crippen LogP contribution in [0, 0.1) is 0 Å². The summed E-state index contributed by atoms with van der Waals surface area (Å²) in [5, 5.41) is 0. The molecule has 0 aromatic heterocycles. The largest absolute Gasteiger partial charge is 0.491 e. The van der Waals surface area contributed by atoms with E-state index in [0.717, 1.165) is 5.47 Å². The van der Waals surface area contributed by atoms with Crippen molar-refractivity contribution >= 4 is 7.12 Å². The molecule has 0 aliphatic carbocycles. The maximum Gasteiger partial charge on any atom is 0.491 e. The summed E-state index contributed by atoms with van der Waals surface area (Å²) in [5.41, 5.74) is 5.67. The summed E-state index contributed by atoms with van der Waals surface area (Å²) in [7, 11) is -0.352. The molecule has 1 fully saturated rings. The van der Waals surface area contributed by atoms with Crippen molar-refractivity contribution < 1.29 is 9.31 Å². The van der Waals surface area contributed by atoms with E-state index in [4.69, 9.17) is 15.0 Å². The van der Waals surface area contributed by atoms with Crippen molar-refractivity contribution in [1.82, 2.24) is 0 Å². The molecule has 3 nitrogen and oxygen atoms in total. The van der Waals surface area contributed by atoms with Crippen LogP contribution < -0.4 is 5.73 Å². The highest BCUT2D eigenvalue weighted by Crippen LogP contribution is 2.37. The van der Waals surface area contributed by atoms with Crippen LogP contribution in [0.25, 0.3) is 0 Å². The van der Waals surface area contributed by atoms with Crippen LogP contribution >= 0.6 is 0 Å². The summed E-state index contributed by atoms with van der Waals surface area (Å²) in [4.78, 5) is 0. The first-order valence-electron chi connectivity index (χ1n) is 4.53. The Balaban J connectivity index is 2.76. The molecule has 0 unspecified atom stereocenters. The van der Waals surface area contributed by atoms with E-state index in [2.05, 4.69) is 6.58 Å². The Kier molecular flexibility index (Phi) is 2.58. The van der Waals surface area contributed by atoms with E-state index in [1.54, 1.807) is 0 Å². The second-order valence-electron chi connectivity index (χ2n) is 4.45. The number of hydrogen-bond donors (Lipinski definition) is 1. The molecule has 0 bridgehead atoms. The fourth-order valence-corrected chi connectivity index (χ4v) is 1.11. The molecule has 4 heteroatoms. The van der Waals surface area contributed by atoms with Gasteiger partial charge in [-0.3, -0.25) is 0 Å². The zero-order valence-electron chi connectivity index (χ0n) is 8.89. The second-order valence-corrected chi connectivity index (χ2v) is 4.45. The van der Waals surface area contributed by atoms with Crippen molar-refractivity contribution in [2.24, 2.45) is 5.73 Å². The zero-order chi connectivity index (χ0) is 10.3. The van der Waals surface area contributed by atoms with E-state index in [9.17, 15) is 0 Å². The average molecular weight is 183 g/mol. The third-order valence-corrected chi connectivity index (χ3v) is 2.85. The van der Waals surface area contributed by atoms with Crippen molar-refractivity contribution in [3.63, 3.8) is 0 Å². The summed E-state index contributed by atoms with van der Waals surface area (Å²) >= 11 is 0. The summed E-state index contributed by atoms with van der Waals surface area (Å²) in [6.45, 7) is 12.3. The summed E-state index contributed by atoms with van der Waals surface area (Å²) < 4.78 is 11.4.